The van der Waals surface area contributed by atoms with Gasteiger partial charge in [-0.3, -0.25) is 4.79 Å². The number of amides is 1. The molecule has 0 radical (unpaired) electrons. The monoisotopic (exact) mass is 344 g/mol. The number of piperidine rings is 1. The van der Waals surface area contributed by atoms with Crippen LogP contribution >= 0.6 is 27.5 Å². The summed E-state index contributed by atoms with van der Waals surface area (Å²) in [6, 6.07) is 5.67. The maximum Gasteiger partial charge on any atom is 0.254 e. The fourth-order valence-electron chi connectivity index (χ4n) is 2.36. The van der Waals surface area contributed by atoms with E-state index in [9.17, 15) is 4.79 Å². The minimum Gasteiger partial charge on any atom is -0.340 e. The Hall–Kier alpha value is -0.580. The smallest absolute Gasteiger partial charge is 0.254 e. The second-order valence-corrected chi connectivity index (χ2v) is 6.25. The number of nitrogens with one attached hydrogen (secondary N) is 1. The van der Waals surface area contributed by atoms with Crippen LogP contribution in [0.1, 0.15) is 29.6 Å². The number of benzene rings is 1. The molecule has 104 valence electrons. The van der Waals surface area contributed by atoms with Crippen LogP contribution in [0.25, 0.3) is 0 Å². The minimum absolute atomic E-state index is 0.0240. The Morgan fingerprint density at radius 2 is 2.32 bits per heavy atom. The van der Waals surface area contributed by atoms with Crippen molar-refractivity contribution in [1.29, 1.82) is 0 Å². The molecule has 1 fully saturated rings. The second kappa shape index (κ2) is 6.73. The zero-order valence-corrected chi connectivity index (χ0v) is 13.3. The quantitative estimate of drug-likeness (QED) is 0.911. The van der Waals surface area contributed by atoms with E-state index in [0.717, 1.165) is 24.0 Å². The van der Waals surface area contributed by atoms with Gasteiger partial charge in [0.15, 0.2) is 0 Å². The molecule has 1 atom stereocenters. The van der Waals surface area contributed by atoms with Crippen molar-refractivity contribution >= 4 is 33.4 Å². The van der Waals surface area contributed by atoms with Gasteiger partial charge in [-0.25, -0.2) is 0 Å². The number of halogens is 2. The lowest BCUT2D eigenvalue weighted by molar-refractivity contribution is 0.0774. The highest BCUT2D eigenvalue weighted by molar-refractivity contribution is 9.10. The van der Waals surface area contributed by atoms with Crippen molar-refractivity contribution in [3.8, 4) is 0 Å². The first-order chi connectivity index (χ1) is 9.08. The van der Waals surface area contributed by atoms with Crippen LogP contribution in [0, 0.1) is 0 Å². The van der Waals surface area contributed by atoms with E-state index in [4.69, 9.17) is 11.6 Å². The van der Waals surface area contributed by atoms with Gasteiger partial charge in [0.1, 0.15) is 0 Å². The van der Waals surface area contributed by atoms with Crippen LogP contribution in [0.2, 0.25) is 5.02 Å². The van der Waals surface area contributed by atoms with Crippen molar-refractivity contribution in [1.82, 2.24) is 10.2 Å². The van der Waals surface area contributed by atoms with Gasteiger partial charge in [0, 0.05) is 29.1 Å². The van der Waals surface area contributed by atoms with Crippen molar-refractivity contribution < 1.29 is 4.79 Å². The normalized spacial score (nSPS) is 19.2. The number of likely N-dealkylation sites (N-methyl/N-ethyl adjacent to an activating group) is 1. The molecule has 1 aromatic rings. The lowest BCUT2D eigenvalue weighted by atomic mass is 10.0. The molecule has 1 heterocycles. The molecular weight excluding hydrogens is 328 g/mol. The number of hydrogen-bond acceptors (Lipinski definition) is 2. The topological polar surface area (TPSA) is 32.3 Å². The highest BCUT2D eigenvalue weighted by Gasteiger charge is 2.20. The number of carbonyl (C=O) groups excluding carboxylic acids is 1. The fourth-order valence-corrected chi connectivity index (χ4v) is 3.21. The first kappa shape index (κ1) is 14.8. The second-order valence-electron chi connectivity index (χ2n) is 4.96. The van der Waals surface area contributed by atoms with Gasteiger partial charge in [-0.15, -0.1) is 0 Å². The van der Waals surface area contributed by atoms with Crippen LogP contribution in [-0.4, -0.2) is 37.0 Å². The summed E-state index contributed by atoms with van der Waals surface area (Å²) in [6.45, 7) is 1.80. The number of carbonyl (C=O) groups is 1. The Morgan fingerprint density at radius 3 is 2.95 bits per heavy atom. The van der Waals surface area contributed by atoms with E-state index < -0.39 is 0 Å². The van der Waals surface area contributed by atoms with Gasteiger partial charge < -0.3 is 10.2 Å². The Balaban J connectivity index is 2.01. The largest absolute Gasteiger partial charge is 0.340 e. The summed E-state index contributed by atoms with van der Waals surface area (Å²) in [5.74, 6) is 0.0240. The summed E-state index contributed by atoms with van der Waals surface area (Å²) in [7, 11) is 1.85. The average Bonchev–Trinajstić information content (AvgIpc) is 2.39. The molecule has 1 saturated heterocycles. The third kappa shape index (κ3) is 3.94. The van der Waals surface area contributed by atoms with Gasteiger partial charge in [-0.05, 0) is 53.5 Å². The highest BCUT2D eigenvalue weighted by atomic mass is 79.9. The van der Waals surface area contributed by atoms with E-state index in [1.54, 1.807) is 23.1 Å². The van der Waals surface area contributed by atoms with Crippen molar-refractivity contribution in [2.45, 2.75) is 25.3 Å². The SMILES string of the molecule is CN(CC1CCCCN1)C(=O)c1ccc(Cl)cc1Br. The lowest BCUT2D eigenvalue weighted by Crippen LogP contribution is -2.44. The Labute approximate surface area is 127 Å². The molecule has 0 aromatic heterocycles. The molecule has 0 aliphatic carbocycles. The van der Waals surface area contributed by atoms with Gasteiger partial charge >= 0.3 is 0 Å². The molecule has 1 amide bonds. The van der Waals surface area contributed by atoms with Gasteiger partial charge in [0.25, 0.3) is 5.91 Å². The van der Waals surface area contributed by atoms with Gasteiger partial charge in [-0.2, -0.15) is 0 Å². The molecule has 5 heteroatoms. The summed E-state index contributed by atoms with van der Waals surface area (Å²) in [5, 5.41) is 4.08. The van der Waals surface area contributed by atoms with Crippen molar-refractivity contribution in [3.05, 3.63) is 33.3 Å². The number of nitrogens with zero attached hydrogens (tertiary/aromatic N) is 1. The van der Waals surface area contributed by atoms with Gasteiger partial charge in [0.05, 0.1) is 5.56 Å². The van der Waals surface area contributed by atoms with Crippen molar-refractivity contribution in [2.24, 2.45) is 0 Å². The van der Waals surface area contributed by atoms with Crippen LogP contribution in [0.5, 0.6) is 0 Å². The Bertz CT molecular complexity index is 461. The molecule has 3 nitrogen and oxygen atoms in total. The van der Waals surface area contributed by atoms with E-state index in [2.05, 4.69) is 21.2 Å². The Morgan fingerprint density at radius 1 is 1.53 bits per heavy atom. The zero-order valence-electron chi connectivity index (χ0n) is 11.0. The molecule has 1 aliphatic rings. The number of hydrogen-bond donors (Lipinski definition) is 1. The molecule has 2 rings (SSSR count). The summed E-state index contributed by atoms with van der Waals surface area (Å²) in [5.41, 5.74) is 0.655. The maximum atomic E-state index is 12.4. The summed E-state index contributed by atoms with van der Waals surface area (Å²) in [6.07, 6.45) is 3.61. The van der Waals surface area contributed by atoms with Gasteiger partial charge in [-0.1, -0.05) is 18.0 Å². The van der Waals surface area contributed by atoms with E-state index in [0.29, 0.717) is 16.6 Å². The van der Waals surface area contributed by atoms with Crippen LogP contribution in [0.4, 0.5) is 0 Å². The maximum absolute atomic E-state index is 12.4. The molecule has 1 unspecified atom stereocenters. The van der Waals surface area contributed by atoms with E-state index in [1.807, 2.05) is 7.05 Å². The lowest BCUT2D eigenvalue weighted by Gasteiger charge is -2.28. The predicted molar refractivity (Wildman–Crippen MR) is 81.8 cm³/mol. The summed E-state index contributed by atoms with van der Waals surface area (Å²) < 4.78 is 0.744. The van der Waals surface area contributed by atoms with Gasteiger partial charge in [0.2, 0.25) is 0 Å². The minimum atomic E-state index is 0.0240. The molecule has 1 N–H and O–H groups in total. The first-order valence-corrected chi connectivity index (χ1v) is 7.69. The third-order valence-electron chi connectivity index (χ3n) is 3.41. The van der Waals surface area contributed by atoms with E-state index in [1.165, 1.54) is 12.8 Å². The van der Waals surface area contributed by atoms with E-state index >= 15 is 0 Å². The molecule has 0 spiro atoms. The molecular formula is C14H18BrClN2O. The van der Waals surface area contributed by atoms with Crippen molar-refractivity contribution in [2.75, 3.05) is 20.1 Å². The third-order valence-corrected chi connectivity index (χ3v) is 4.31. The zero-order chi connectivity index (χ0) is 13.8. The Kier molecular flexibility index (Phi) is 5.25. The molecule has 1 aliphatic heterocycles. The molecule has 19 heavy (non-hydrogen) atoms. The van der Waals surface area contributed by atoms with E-state index in [-0.39, 0.29) is 5.91 Å². The standard InChI is InChI=1S/C14H18BrClN2O/c1-18(9-11-4-2-3-7-17-11)14(19)12-6-5-10(16)8-13(12)15/h5-6,8,11,17H,2-4,7,9H2,1H3. The average molecular weight is 346 g/mol. The van der Waals surface area contributed by atoms with Crippen LogP contribution in [-0.2, 0) is 0 Å². The first-order valence-electron chi connectivity index (χ1n) is 6.52. The van der Waals surface area contributed by atoms with Crippen LogP contribution in [0.15, 0.2) is 22.7 Å². The summed E-state index contributed by atoms with van der Waals surface area (Å²) >= 11 is 9.29. The highest BCUT2D eigenvalue weighted by Crippen LogP contribution is 2.22. The predicted octanol–water partition coefficient (Wildman–Crippen LogP) is 3.32. The van der Waals surface area contributed by atoms with Crippen LogP contribution in [0.3, 0.4) is 0 Å². The van der Waals surface area contributed by atoms with Crippen LogP contribution < -0.4 is 5.32 Å². The molecule has 0 saturated carbocycles. The number of rotatable bonds is 3. The van der Waals surface area contributed by atoms with Crippen molar-refractivity contribution in [3.63, 3.8) is 0 Å². The molecule has 0 bridgehead atoms. The molecule has 1 aromatic carbocycles. The fraction of sp³-hybridized carbons (Fsp3) is 0.500. The summed E-state index contributed by atoms with van der Waals surface area (Å²) in [4.78, 5) is 14.2.